The van der Waals surface area contributed by atoms with Gasteiger partial charge in [0, 0.05) is 10.6 Å². The molecule has 0 saturated heterocycles. The standard InChI is InChI=1S/C11H7ClF4O2/c1-2-10(13,11(14,15)16)7-3-6(9(17)18)4-8(12)5-7/h2-5H,1H2,(H,17,18)/t10-/m0/s1. The fourth-order valence-electron chi connectivity index (χ4n) is 1.32. The summed E-state index contributed by atoms with van der Waals surface area (Å²) in [5.74, 6) is -1.51. The molecule has 0 amide bonds. The summed E-state index contributed by atoms with van der Waals surface area (Å²) < 4.78 is 51.7. The van der Waals surface area contributed by atoms with Gasteiger partial charge < -0.3 is 5.11 Å². The number of benzene rings is 1. The second-order valence-corrected chi connectivity index (χ2v) is 3.88. The van der Waals surface area contributed by atoms with E-state index in [1.54, 1.807) is 0 Å². The van der Waals surface area contributed by atoms with Crippen molar-refractivity contribution in [2.24, 2.45) is 0 Å². The molecule has 0 radical (unpaired) electrons. The molecule has 0 unspecified atom stereocenters. The van der Waals surface area contributed by atoms with Crippen molar-refractivity contribution in [2.75, 3.05) is 0 Å². The Morgan fingerprint density at radius 1 is 1.28 bits per heavy atom. The molecule has 0 bridgehead atoms. The number of carbonyl (C=O) groups is 1. The second kappa shape index (κ2) is 4.61. The largest absolute Gasteiger partial charge is 0.478 e. The smallest absolute Gasteiger partial charge is 0.430 e. The molecule has 0 aliphatic heterocycles. The Bertz CT molecular complexity index is 498. The van der Waals surface area contributed by atoms with E-state index in [1.807, 2.05) is 0 Å². The van der Waals surface area contributed by atoms with Gasteiger partial charge in [-0.3, -0.25) is 0 Å². The lowest BCUT2D eigenvalue weighted by molar-refractivity contribution is -0.216. The maximum absolute atomic E-state index is 13.9. The van der Waals surface area contributed by atoms with Crippen LogP contribution in [0.1, 0.15) is 15.9 Å². The minimum absolute atomic E-state index is 0.0598. The van der Waals surface area contributed by atoms with Crippen molar-refractivity contribution < 1.29 is 27.5 Å². The van der Waals surface area contributed by atoms with Crippen LogP contribution in [0.25, 0.3) is 0 Å². The van der Waals surface area contributed by atoms with Crippen LogP contribution in [-0.2, 0) is 5.67 Å². The molecule has 0 aromatic heterocycles. The summed E-state index contributed by atoms with van der Waals surface area (Å²) >= 11 is 5.48. The van der Waals surface area contributed by atoms with Crippen LogP contribution >= 0.6 is 11.6 Å². The van der Waals surface area contributed by atoms with E-state index in [4.69, 9.17) is 16.7 Å². The third-order valence-electron chi connectivity index (χ3n) is 2.26. The fourth-order valence-corrected chi connectivity index (χ4v) is 1.56. The lowest BCUT2D eigenvalue weighted by Gasteiger charge is -2.25. The quantitative estimate of drug-likeness (QED) is 0.673. The Labute approximate surface area is 104 Å². The molecular weight excluding hydrogens is 276 g/mol. The zero-order chi connectivity index (χ0) is 14.1. The van der Waals surface area contributed by atoms with E-state index in [1.165, 1.54) is 0 Å². The Morgan fingerprint density at radius 2 is 1.83 bits per heavy atom. The predicted octanol–water partition coefficient (Wildman–Crippen LogP) is 3.95. The van der Waals surface area contributed by atoms with Crippen LogP contribution in [0.3, 0.4) is 0 Å². The number of carboxylic acid groups (broad SMARTS) is 1. The number of hydrogen-bond acceptors (Lipinski definition) is 1. The molecule has 0 fully saturated rings. The first-order chi connectivity index (χ1) is 8.11. The molecule has 0 heterocycles. The van der Waals surface area contributed by atoms with Crippen molar-refractivity contribution >= 4 is 17.6 Å². The summed E-state index contributed by atoms with van der Waals surface area (Å²) in [5.41, 5.74) is -5.30. The van der Waals surface area contributed by atoms with E-state index in [0.717, 1.165) is 6.07 Å². The van der Waals surface area contributed by atoms with Gasteiger partial charge in [-0.25, -0.2) is 9.18 Å². The highest BCUT2D eigenvalue weighted by Gasteiger charge is 2.55. The first kappa shape index (κ1) is 14.5. The number of aromatic carboxylic acids is 1. The van der Waals surface area contributed by atoms with Crippen molar-refractivity contribution in [1.29, 1.82) is 0 Å². The molecule has 0 aliphatic rings. The zero-order valence-electron chi connectivity index (χ0n) is 8.76. The molecule has 1 rings (SSSR count). The number of halogens is 5. The lowest BCUT2D eigenvalue weighted by Crippen LogP contribution is -2.36. The normalized spacial score (nSPS) is 14.9. The van der Waals surface area contributed by atoms with Gasteiger partial charge in [-0.1, -0.05) is 18.2 Å². The van der Waals surface area contributed by atoms with Crippen molar-refractivity contribution in [3.63, 3.8) is 0 Å². The molecule has 18 heavy (non-hydrogen) atoms. The molecule has 7 heteroatoms. The summed E-state index contributed by atoms with van der Waals surface area (Å²) in [6, 6.07) is 2.21. The maximum atomic E-state index is 13.9. The van der Waals surface area contributed by atoms with Gasteiger partial charge >= 0.3 is 12.1 Å². The summed E-state index contributed by atoms with van der Waals surface area (Å²) in [6.07, 6.45) is -5.19. The van der Waals surface area contributed by atoms with Crippen molar-refractivity contribution in [3.05, 3.63) is 47.0 Å². The lowest BCUT2D eigenvalue weighted by atomic mass is 9.93. The summed E-state index contributed by atoms with van der Waals surface area (Å²) in [5, 5.41) is 8.38. The molecule has 98 valence electrons. The highest BCUT2D eigenvalue weighted by Crippen LogP contribution is 2.44. The minimum atomic E-state index is -5.25. The number of hydrogen-bond donors (Lipinski definition) is 1. The molecular formula is C11H7ClF4O2. The Hall–Kier alpha value is -1.56. The number of rotatable bonds is 3. The van der Waals surface area contributed by atoms with Gasteiger partial charge in [0.2, 0.25) is 5.67 Å². The van der Waals surface area contributed by atoms with Crippen LogP contribution < -0.4 is 0 Å². The third-order valence-corrected chi connectivity index (χ3v) is 2.48. The average Bonchev–Trinajstić information content (AvgIpc) is 2.25. The maximum Gasteiger partial charge on any atom is 0.430 e. The molecule has 0 spiro atoms. The number of allylic oxidation sites excluding steroid dienone is 1. The van der Waals surface area contributed by atoms with Crippen LogP contribution in [-0.4, -0.2) is 17.3 Å². The van der Waals surface area contributed by atoms with Crippen molar-refractivity contribution in [1.82, 2.24) is 0 Å². The van der Waals surface area contributed by atoms with E-state index in [2.05, 4.69) is 6.58 Å². The van der Waals surface area contributed by atoms with E-state index in [-0.39, 0.29) is 11.1 Å². The van der Waals surface area contributed by atoms with Gasteiger partial charge in [-0.15, -0.1) is 0 Å². The molecule has 1 N–H and O–H groups in total. The van der Waals surface area contributed by atoms with E-state index >= 15 is 0 Å². The average molecular weight is 283 g/mol. The van der Waals surface area contributed by atoms with E-state index < -0.39 is 28.9 Å². The van der Waals surface area contributed by atoms with Gasteiger partial charge in [-0.05, 0) is 24.3 Å². The topological polar surface area (TPSA) is 37.3 Å². The summed E-state index contributed by atoms with van der Waals surface area (Å²) in [6.45, 7) is 2.79. The van der Waals surface area contributed by atoms with Crippen LogP contribution in [0, 0.1) is 0 Å². The van der Waals surface area contributed by atoms with Crippen LogP contribution in [0.4, 0.5) is 17.6 Å². The molecule has 1 atom stereocenters. The molecule has 1 aromatic rings. The van der Waals surface area contributed by atoms with Gasteiger partial charge in [0.1, 0.15) is 0 Å². The van der Waals surface area contributed by atoms with Gasteiger partial charge in [-0.2, -0.15) is 13.2 Å². The van der Waals surface area contributed by atoms with Crippen LogP contribution in [0.15, 0.2) is 30.9 Å². The molecule has 2 nitrogen and oxygen atoms in total. The predicted molar refractivity (Wildman–Crippen MR) is 57.4 cm³/mol. The number of alkyl halides is 4. The highest BCUT2D eigenvalue weighted by atomic mass is 35.5. The van der Waals surface area contributed by atoms with Gasteiger partial charge in [0.25, 0.3) is 0 Å². The SMILES string of the molecule is C=C[C@](F)(c1cc(Cl)cc(C(=O)O)c1)C(F)(F)F. The van der Waals surface area contributed by atoms with Crippen molar-refractivity contribution in [3.8, 4) is 0 Å². The number of carboxylic acids is 1. The summed E-state index contributed by atoms with van der Waals surface area (Å²) in [4.78, 5) is 10.7. The molecule has 0 saturated carbocycles. The fraction of sp³-hybridized carbons (Fsp3) is 0.182. The first-order valence-corrected chi connectivity index (χ1v) is 4.93. The Morgan fingerprint density at radius 3 is 2.22 bits per heavy atom. The first-order valence-electron chi connectivity index (χ1n) is 4.55. The van der Waals surface area contributed by atoms with E-state index in [9.17, 15) is 22.4 Å². The second-order valence-electron chi connectivity index (χ2n) is 3.45. The van der Waals surface area contributed by atoms with Gasteiger partial charge in [0.15, 0.2) is 0 Å². The molecule has 0 aliphatic carbocycles. The summed E-state index contributed by atoms with van der Waals surface area (Å²) in [7, 11) is 0. The monoisotopic (exact) mass is 282 g/mol. The van der Waals surface area contributed by atoms with Crippen LogP contribution in [0.5, 0.6) is 0 Å². The third kappa shape index (κ3) is 2.48. The van der Waals surface area contributed by atoms with Crippen LogP contribution in [0.2, 0.25) is 5.02 Å². The van der Waals surface area contributed by atoms with Crippen molar-refractivity contribution in [2.45, 2.75) is 11.8 Å². The highest BCUT2D eigenvalue weighted by molar-refractivity contribution is 6.31. The Balaban J connectivity index is 3.49. The minimum Gasteiger partial charge on any atom is -0.478 e. The molecule has 1 aromatic carbocycles. The zero-order valence-corrected chi connectivity index (χ0v) is 9.52. The van der Waals surface area contributed by atoms with E-state index in [0.29, 0.717) is 12.1 Å². The Kier molecular flexibility index (Phi) is 3.71. The van der Waals surface area contributed by atoms with Gasteiger partial charge in [0.05, 0.1) is 5.56 Å².